The fourth-order valence-corrected chi connectivity index (χ4v) is 3.32. The molecule has 1 fully saturated rings. The number of nitrogens with zero attached hydrogens (tertiary/aromatic N) is 1. The van der Waals surface area contributed by atoms with E-state index >= 15 is 0 Å². The molecule has 2 N–H and O–H groups in total. The minimum atomic E-state index is -2.82. The third kappa shape index (κ3) is 5.27. The van der Waals surface area contributed by atoms with Crippen LogP contribution in [0.4, 0.5) is 14.5 Å². The fourth-order valence-electron chi connectivity index (χ4n) is 3.13. The highest BCUT2D eigenvalue weighted by Crippen LogP contribution is 2.31. The van der Waals surface area contributed by atoms with Crippen molar-refractivity contribution in [3.8, 4) is 5.75 Å². The van der Waals surface area contributed by atoms with E-state index in [0.29, 0.717) is 5.11 Å². The molecule has 24 heavy (non-hydrogen) atoms. The summed E-state index contributed by atoms with van der Waals surface area (Å²) in [4.78, 5) is 2.29. The van der Waals surface area contributed by atoms with Crippen molar-refractivity contribution in [2.24, 2.45) is 0 Å². The van der Waals surface area contributed by atoms with Crippen molar-refractivity contribution < 1.29 is 13.5 Å². The molecule has 0 aliphatic heterocycles. The number of thiocarbonyl (C=S) groups is 1. The van der Waals surface area contributed by atoms with Gasteiger partial charge in [-0.2, -0.15) is 8.78 Å². The van der Waals surface area contributed by atoms with Crippen LogP contribution in [0, 0.1) is 0 Å². The van der Waals surface area contributed by atoms with Crippen LogP contribution in [-0.2, 0) is 0 Å². The number of halogens is 2. The average molecular weight is 357 g/mol. The van der Waals surface area contributed by atoms with Crippen LogP contribution in [-0.4, -0.2) is 42.8 Å². The maximum atomic E-state index is 12.1. The van der Waals surface area contributed by atoms with Crippen molar-refractivity contribution >= 4 is 23.0 Å². The predicted molar refractivity (Wildman–Crippen MR) is 96.8 cm³/mol. The second-order valence-corrected chi connectivity index (χ2v) is 6.80. The molecule has 134 valence electrons. The van der Waals surface area contributed by atoms with Crippen LogP contribution >= 0.6 is 12.2 Å². The Morgan fingerprint density at radius 3 is 2.38 bits per heavy atom. The fraction of sp³-hybridized carbons (Fsp3) is 0.588. The first kappa shape index (κ1) is 18.9. The standard InChI is InChI=1S/C17H25F2N3OS/c1-22(2)17(10-4-3-5-11-17)12-20-16(24)21-13-6-8-14(9-7-13)23-15(18)19/h6-9,15H,3-5,10-12H2,1-2H3,(H2,20,21,24). The molecule has 0 heterocycles. The molecule has 0 atom stereocenters. The molecule has 0 unspecified atom stereocenters. The summed E-state index contributed by atoms with van der Waals surface area (Å²) in [6, 6.07) is 6.29. The number of hydrogen-bond donors (Lipinski definition) is 2. The number of benzene rings is 1. The monoisotopic (exact) mass is 357 g/mol. The lowest BCUT2D eigenvalue weighted by Crippen LogP contribution is -2.54. The molecule has 0 bridgehead atoms. The zero-order valence-corrected chi connectivity index (χ0v) is 15.0. The highest BCUT2D eigenvalue weighted by atomic mass is 32.1. The number of rotatable bonds is 6. The summed E-state index contributed by atoms with van der Waals surface area (Å²) in [7, 11) is 4.23. The largest absolute Gasteiger partial charge is 0.435 e. The van der Waals surface area contributed by atoms with E-state index in [1.165, 1.54) is 31.4 Å². The quantitative estimate of drug-likeness (QED) is 0.757. The number of hydrogen-bond acceptors (Lipinski definition) is 3. The van der Waals surface area contributed by atoms with Gasteiger partial charge in [0.25, 0.3) is 0 Å². The zero-order valence-electron chi connectivity index (χ0n) is 14.1. The van der Waals surface area contributed by atoms with E-state index in [9.17, 15) is 8.78 Å². The van der Waals surface area contributed by atoms with E-state index < -0.39 is 6.61 Å². The van der Waals surface area contributed by atoms with Gasteiger partial charge in [0.05, 0.1) is 0 Å². The maximum Gasteiger partial charge on any atom is 0.387 e. The summed E-state index contributed by atoms with van der Waals surface area (Å²) in [5.41, 5.74) is 0.871. The van der Waals surface area contributed by atoms with Crippen LogP contribution < -0.4 is 15.4 Å². The van der Waals surface area contributed by atoms with E-state index in [1.54, 1.807) is 12.1 Å². The Kier molecular flexibility index (Phi) is 6.74. The van der Waals surface area contributed by atoms with Gasteiger partial charge in [-0.25, -0.2) is 0 Å². The minimum Gasteiger partial charge on any atom is -0.435 e. The Labute approximate surface area is 147 Å². The van der Waals surface area contributed by atoms with Crippen molar-refractivity contribution in [3.05, 3.63) is 24.3 Å². The molecule has 0 aromatic heterocycles. The minimum absolute atomic E-state index is 0.128. The molecule has 0 spiro atoms. The van der Waals surface area contributed by atoms with Crippen molar-refractivity contribution in [1.82, 2.24) is 10.2 Å². The van der Waals surface area contributed by atoms with Gasteiger partial charge in [0.2, 0.25) is 0 Å². The molecular weight excluding hydrogens is 332 g/mol. The summed E-state index contributed by atoms with van der Waals surface area (Å²) in [6.07, 6.45) is 6.10. The van der Waals surface area contributed by atoms with E-state index in [1.807, 2.05) is 0 Å². The third-order valence-corrected chi connectivity index (χ3v) is 4.89. The first-order valence-corrected chi connectivity index (χ1v) is 8.59. The van der Waals surface area contributed by atoms with Crippen molar-refractivity contribution in [2.75, 3.05) is 26.0 Å². The highest BCUT2D eigenvalue weighted by molar-refractivity contribution is 7.80. The summed E-state index contributed by atoms with van der Waals surface area (Å²) >= 11 is 5.35. The molecule has 0 radical (unpaired) electrons. The molecule has 0 saturated heterocycles. The first-order valence-electron chi connectivity index (χ1n) is 8.18. The molecule has 0 amide bonds. The summed E-state index contributed by atoms with van der Waals surface area (Å²) in [6.45, 7) is -2.03. The second kappa shape index (κ2) is 8.58. The zero-order chi connectivity index (χ0) is 17.6. The Morgan fingerprint density at radius 1 is 1.21 bits per heavy atom. The molecule has 1 aliphatic carbocycles. The van der Waals surface area contributed by atoms with Crippen LogP contribution in [0.3, 0.4) is 0 Å². The van der Waals surface area contributed by atoms with Gasteiger partial charge >= 0.3 is 6.61 Å². The van der Waals surface area contributed by atoms with Gasteiger partial charge < -0.3 is 20.3 Å². The lowest BCUT2D eigenvalue weighted by atomic mass is 9.80. The van der Waals surface area contributed by atoms with E-state index in [2.05, 4.69) is 34.4 Å². The Bertz CT molecular complexity index is 531. The Morgan fingerprint density at radius 2 is 1.83 bits per heavy atom. The van der Waals surface area contributed by atoms with Crippen molar-refractivity contribution in [1.29, 1.82) is 0 Å². The van der Waals surface area contributed by atoms with E-state index in [4.69, 9.17) is 12.2 Å². The number of nitrogens with one attached hydrogen (secondary N) is 2. The Balaban J connectivity index is 1.86. The maximum absolute atomic E-state index is 12.1. The highest BCUT2D eigenvalue weighted by Gasteiger charge is 2.34. The Hall–Kier alpha value is -1.47. The van der Waals surface area contributed by atoms with Gasteiger partial charge in [0, 0.05) is 17.8 Å². The van der Waals surface area contributed by atoms with Gasteiger partial charge in [0.1, 0.15) is 5.75 Å². The van der Waals surface area contributed by atoms with Gasteiger partial charge in [-0.3, -0.25) is 0 Å². The van der Waals surface area contributed by atoms with Crippen molar-refractivity contribution in [2.45, 2.75) is 44.3 Å². The summed E-state index contributed by atoms with van der Waals surface area (Å²) in [5.74, 6) is 0.128. The van der Waals surface area contributed by atoms with Gasteiger partial charge in [-0.05, 0) is 63.4 Å². The van der Waals surface area contributed by atoms with E-state index in [-0.39, 0.29) is 11.3 Å². The van der Waals surface area contributed by atoms with Crippen molar-refractivity contribution in [3.63, 3.8) is 0 Å². The number of alkyl halides is 2. The molecule has 7 heteroatoms. The number of likely N-dealkylation sites (N-methyl/N-ethyl adjacent to an activating group) is 1. The molecule has 1 aromatic carbocycles. The molecule has 1 saturated carbocycles. The lowest BCUT2D eigenvalue weighted by Gasteiger charge is -2.43. The van der Waals surface area contributed by atoms with E-state index in [0.717, 1.165) is 25.1 Å². The smallest absolute Gasteiger partial charge is 0.387 e. The second-order valence-electron chi connectivity index (χ2n) is 6.39. The number of ether oxygens (including phenoxy) is 1. The molecule has 2 rings (SSSR count). The topological polar surface area (TPSA) is 36.5 Å². The third-order valence-electron chi connectivity index (χ3n) is 4.65. The summed E-state index contributed by atoms with van der Waals surface area (Å²) in [5, 5.41) is 6.91. The summed E-state index contributed by atoms with van der Waals surface area (Å²) < 4.78 is 28.6. The predicted octanol–water partition coefficient (Wildman–Crippen LogP) is 3.84. The first-order chi connectivity index (χ1) is 11.4. The molecule has 4 nitrogen and oxygen atoms in total. The van der Waals surface area contributed by atoms with Crippen LogP contribution in [0.15, 0.2) is 24.3 Å². The van der Waals surface area contributed by atoms with Crippen LogP contribution in [0.1, 0.15) is 32.1 Å². The van der Waals surface area contributed by atoms with Crippen LogP contribution in [0.25, 0.3) is 0 Å². The number of anilines is 1. The molecule has 1 aromatic rings. The van der Waals surface area contributed by atoms with Crippen LogP contribution in [0.2, 0.25) is 0 Å². The molecular formula is C17H25F2N3OS. The lowest BCUT2D eigenvalue weighted by molar-refractivity contribution is -0.0498. The molecule has 1 aliphatic rings. The van der Waals surface area contributed by atoms with Gasteiger partial charge in [0.15, 0.2) is 5.11 Å². The van der Waals surface area contributed by atoms with Crippen LogP contribution in [0.5, 0.6) is 5.75 Å². The van der Waals surface area contributed by atoms with Gasteiger partial charge in [-0.1, -0.05) is 19.3 Å². The average Bonchev–Trinajstić information content (AvgIpc) is 2.55. The van der Waals surface area contributed by atoms with Gasteiger partial charge in [-0.15, -0.1) is 0 Å². The normalized spacial score (nSPS) is 16.9. The SMILES string of the molecule is CN(C)C1(CNC(=S)Nc2ccc(OC(F)F)cc2)CCCCC1.